The molecule has 4 nitrogen and oxygen atoms in total. The standard InChI is InChI=1S/C16H10F4N2O2/c17-10-2-1-9(11(5-10)16(18,19)20)3-8-4-12-15(21-7-8)13(23)6-14(24)22-12/h1-2,4-7H,3H2,(H2,22,23,24). The van der Waals surface area contributed by atoms with Gasteiger partial charge in [0.05, 0.1) is 11.1 Å². The van der Waals surface area contributed by atoms with Crippen molar-refractivity contribution in [3.63, 3.8) is 0 Å². The maximum atomic E-state index is 13.1. The van der Waals surface area contributed by atoms with Gasteiger partial charge in [-0.15, -0.1) is 0 Å². The van der Waals surface area contributed by atoms with Gasteiger partial charge in [-0.3, -0.25) is 9.78 Å². The first-order valence-corrected chi connectivity index (χ1v) is 6.80. The Morgan fingerprint density at radius 1 is 1.17 bits per heavy atom. The summed E-state index contributed by atoms with van der Waals surface area (Å²) < 4.78 is 52.2. The van der Waals surface area contributed by atoms with Crippen molar-refractivity contribution in [2.75, 3.05) is 0 Å². The van der Waals surface area contributed by atoms with Gasteiger partial charge in [-0.2, -0.15) is 13.2 Å². The van der Waals surface area contributed by atoms with Gasteiger partial charge >= 0.3 is 6.18 Å². The molecule has 0 unspecified atom stereocenters. The summed E-state index contributed by atoms with van der Waals surface area (Å²) in [6, 6.07) is 4.83. The smallest absolute Gasteiger partial charge is 0.416 e. The number of aromatic hydroxyl groups is 1. The summed E-state index contributed by atoms with van der Waals surface area (Å²) in [5.41, 5.74) is -1.03. The topological polar surface area (TPSA) is 66.0 Å². The van der Waals surface area contributed by atoms with Crippen molar-refractivity contribution in [1.29, 1.82) is 0 Å². The average molecular weight is 338 g/mol. The zero-order valence-electron chi connectivity index (χ0n) is 12.0. The number of aromatic nitrogens is 2. The van der Waals surface area contributed by atoms with Crippen molar-refractivity contribution < 1.29 is 22.7 Å². The number of pyridine rings is 2. The Balaban J connectivity index is 2.06. The zero-order chi connectivity index (χ0) is 17.5. The summed E-state index contributed by atoms with van der Waals surface area (Å²) >= 11 is 0. The maximum absolute atomic E-state index is 13.1. The lowest BCUT2D eigenvalue weighted by Gasteiger charge is -2.13. The van der Waals surface area contributed by atoms with Gasteiger partial charge in [0, 0.05) is 12.3 Å². The van der Waals surface area contributed by atoms with Crippen LogP contribution in [-0.4, -0.2) is 15.1 Å². The van der Waals surface area contributed by atoms with E-state index in [9.17, 15) is 27.5 Å². The molecule has 0 atom stereocenters. The Bertz CT molecular complexity index is 980. The lowest BCUT2D eigenvalue weighted by atomic mass is 10.00. The van der Waals surface area contributed by atoms with E-state index in [1.165, 1.54) is 12.3 Å². The number of aromatic amines is 1. The molecule has 0 aliphatic rings. The molecule has 1 aromatic carbocycles. The molecule has 124 valence electrons. The van der Waals surface area contributed by atoms with E-state index in [0.717, 1.165) is 18.2 Å². The maximum Gasteiger partial charge on any atom is 0.416 e. The minimum atomic E-state index is -4.69. The van der Waals surface area contributed by atoms with Crippen LogP contribution in [0.1, 0.15) is 16.7 Å². The van der Waals surface area contributed by atoms with Gasteiger partial charge in [0.1, 0.15) is 17.1 Å². The first-order valence-electron chi connectivity index (χ1n) is 6.80. The molecule has 0 aliphatic heterocycles. The van der Waals surface area contributed by atoms with E-state index >= 15 is 0 Å². The van der Waals surface area contributed by atoms with Gasteiger partial charge in [0.25, 0.3) is 5.56 Å². The van der Waals surface area contributed by atoms with E-state index in [-0.39, 0.29) is 28.8 Å². The van der Waals surface area contributed by atoms with Crippen LogP contribution in [0.3, 0.4) is 0 Å². The van der Waals surface area contributed by atoms with Crippen LogP contribution in [-0.2, 0) is 12.6 Å². The highest BCUT2D eigenvalue weighted by Gasteiger charge is 2.33. The third kappa shape index (κ3) is 3.08. The molecule has 0 aliphatic carbocycles. The van der Waals surface area contributed by atoms with Gasteiger partial charge in [0.2, 0.25) is 0 Å². The third-order valence-electron chi connectivity index (χ3n) is 3.48. The Morgan fingerprint density at radius 2 is 1.92 bits per heavy atom. The van der Waals surface area contributed by atoms with Crippen molar-refractivity contribution in [1.82, 2.24) is 9.97 Å². The predicted octanol–water partition coefficient (Wildman–Crippen LogP) is 3.38. The SMILES string of the molecule is O=c1cc(O)c2ncc(Cc3ccc(F)cc3C(F)(F)F)cc2[nH]1. The number of nitrogens with zero attached hydrogens (tertiary/aromatic N) is 1. The minimum absolute atomic E-state index is 0.118. The Labute approximate surface area is 132 Å². The minimum Gasteiger partial charge on any atom is -0.505 e. The highest BCUT2D eigenvalue weighted by atomic mass is 19.4. The highest BCUT2D eigenvalue weighted by Crippen LogP contribution is 2.33. The second kappa shape index (κ2) is 5.63. The zero-order valence-corrected chi connectivity index (χ0v) is 12.0. The van der Waals surface area contributed by atoms with Gasteiger partial charge in [-0.1, -0.05) is 6.07 Å². The molecule has 0 fully saturated rings. The second-order valence-electron chi connectivity index (χ2n) is 5.23. The van der Waals surface area contributed by atoms with Crippen LogP contribution in [0.5, 0.6) is 5.75 Å². The van der Waals surface area contributed by atoms with Gasteiger partial charge in [0.15, 0.2) is 0 Å². The first kappa shape index (κ1) is 16.0. The van der Waals surface area contributed by atoms with Crippen LogP contribution in [0, 0.1) is 5.82 Å². The Morgan fingerprint density at radius 3 is 2.62 bits per heavy atom. The molecule has 2 N–H and O–H groups in total. The fourth-order valence-corrected chi connectivity index (χ4v) is 2.45. The van der Waals surface area contributed by atoms with Crippen LogP contribution in [0.2, 0.25) is 0 Å². The Kier molecular flexibility index (Phi) is 3.75. The number of hydrogen-bond donors (Lipinski definition) is 2. The molecule has 3 aromatic rings. The number of alkyl halides is 3. The van der Waals surface area contributed by atoms with Gasteiger partial charge in [-0.25, -0.2) is 4.39 Å². The lowest BCUT2D eigenvalue weighted by molar-refractivity contribution is -0.138. The lowest BCUT2D eigenvalue weighted by Crippen LogP contribution is -2.10. The summed E-state index contributed by atoms with van der Waals surface area (Å²) in [6.07, 6.45) is -3.55. The van der Waals surface area contributed by atoms with Crippen LogP contribution in [0.15, 0.2) is 41.3 Å². The second-order valence-corrected chi connectivity index (χ2v) is 5.23. The molecule has 2 heterocycles. The van der Waals surface area contributed by atoms with E-state index in [1.807, 2.05) is 0 Å². The highest BCUT2D eigenvalue weighted by molar-refractivity contribution is 5.80. The third-order valence-corrected chi connectivity index (χ3v) is 3.48. The van der Waals surface area contributed by atoms with Crippen molar-refractivity contribution in [3.05, 3.63) is 69.4 Å². The van der Waals surface area contributed by atoms with Gasteiger partial charge < -0.3 is 10.1 Å². The quantitative estimate of drug-likeness (QED) is 0.704. The predicted molar refractivity (Wildman–Crippen MR) is 78.2 cm³/mol. The van der Waals surface area contributed by atoms with E-state index < -0.39 is 23.1 Å². The number of H-pyrrole nitrogens is 1. The number of halogens is 4. The molecule has 2 aromatic heterocycles. The number of hydrogen-bond acceptors (Lipinski definition) is 3. The van der Waals surface area contributed by atoms with Crippen molar-refractivity contribution in [2.24, 2.45) is 0 Å². The van der Waals surface area contributed by atoms with Gasteiger partial charge in [-0.05, 0) is 35.7 Å². The van der Waals surface area contributed by atoms with Crippen LogP contribution in [0.25, 0.3) is 11.0 Å². The average Bonchev–Trinajstić information content (AvgIpc) is 2.47. The van der Waals surface area contributed by atoms with Crippen molar-refractivity contribution in [3.8, 4) is 5.75 Å². The number of benzene rings is 1. The first-order chi connectivity index (χ1) is 11.2. The number of fused-ring (bicyclic) bond motifs is 1. The molecule has 24 heavy (non-hydrogen) atoms. The monoisotopic (exact) mass is 338 g/mol. The summed E-state index contributed by atoms with van der Waals surface area (Å²) in [5.74, 6) is -1.30. The molecule has 0 saturated heterocycles. The summed E-state index contributed by atoms with van der Waals surface area (Å²) in [5, 5.41) is 9.64. The number of rotatable bonds is 2. The van der Waals surface area contributed by atoms with Crippen LogP contribution < -0.4 is 5.56 Å². The molecule has 8 heteroatoms. The molecule has 0 saturated carbocycles. The van der Waals surface area contributed by atoms with E-state index in [4.69, 9.17) is 0 Å². The molecular formula is C16H10F4N2O2. The summed E-state index contributed by atoms with van der Waals surface area (Å²) in [4.78, 5) is 17.8. The molecule has 3 rings (SSSR count). The van der Waals surface area contributed by atoms with E-state index in [1.54, 1.807) is 0 Å². The molecule has 0 amide bonds. The van der Waals surface area contributed by atoms with Crippen molar-refractivity contribution in [2.45, 2.75) is 12.6 Å². The fourth-order valence-electron chi connectivity index (χ4n) is 2.45. The number of nitrogens with one attached hydrogen (secondary N) is 1. The molecule has 0 bridgehead atoms. The van der Waals surface area contributed by atoms with E-state index in [0.29, 0.717) is 11.6 Å². The molecule has 0 spiro atoms. The normalized spacial score (nSPS) is 11.8. The Hall–Kier alpha value is -2.90. The van der Waals surface area contributed by atoms with Crippen LogP contribution in [0.4, 0.5) is 17.6 Å². The largest absolute Gasteiger partial charge is 0.505 e. The molecule has 0 radical (unpaired) electrons. The summed E-state index contributed by atoms with van der Waals surface area (Å²) in [6.45, 7) is 0. The van der Waals surface area contributed by atoms with Crippen molar-refractivity contribution >= 4 is 11.0 Å². The summed E-state index contributed by atoms with van der Waals surface area (Å²) in [7, 11) is 0. The molecular weight excluding hydrogens is 328 g/mol. The van der Waals surface area contributed by atoms with Crippen LogP contribution >= 0.6 is 0 Å². The fraction of sp³-hybridized carbons (Fsp3) is 0.125. The van der Waals surface area contributed by atoms with E-state index in [2.05, 4.69) is 9.97 Å².